The van der Waals surface area contributed by atoms with Crippen LogP contribution in [0.2, 0.25) is 0 Å². The maximum absolute atomic E-state index is 10.2. The van der Waals surface area contributed by atoms with E-state index in [2.05, 4.69) is 38.9 Å². The third kappa shape index (κ3) is 3.70. The summed E-state index contributed by atoms with van der Waals surface area (Å²) in [4.78, 5) is 0. The lowest BCUT2D eigenvalue weighted by molar-refractivity contribution is -0.246. The minimum Gasteiger partial charge on any atom is -0.314 e. The lowest BCUT2D eigenvalue weighted by Gasteiger charge is -2.51. The first kappa shape index (κ1) is 14.5. The Morgan fingerprint density at radius 2 is 1.82 bits per heavy atom. The molecular weight excluding hydrogens is 212 g/mol. The third-order valence-electron chi connectivity index (χ3n) is 3.57. The molecule has 98 valence electrons. The van der Waals surface area contributed by atoms with Crippen LogP contribution in [0.3, 0.4) is 0 Å². The molecule has 0 aromatic rings. The Balaban J connectivity index is 2.51. The molecule has 2 N–H and O–H groups in total. The number of terminal acetylenes is 1. The number of nitrogens with zero attached hydrogens (tertiary/aromatic N) is 1. The fraction of sp³-hybridized carbons (Fsp3) is 0.857. The number of hydrogen-bond acceptors (Lipinski definition) is 3. The summed E-state index contributed by atoms with van der Waals surface area (Å²) in [6.45, 7) is 9.31. The first-order chi connectivity index (χ1) is 7.79. The van der Waals surface area contributed by atoms with Crippen molar-refractivity contribution in [1.82, 2.24) is 10.4 Å². The van der Waals surface area contributed by atoms with Crippen LogP contribution in [0.5, 0.6) is 0 Å². The van der Waals surface area contributed by atoms with Gasteiger partial charge in [0.25, 0.3) is 0 Å². The van der Waals surface area contributed by atoms with E-state index in [9.17, 15) is 5.21 Å². The number of piperidine rings is 1. The third-order valence-corrected chi connectivity index (χ3v) is 3.57. The molecule has 0 aromatic heterocycles. The Morgan fingerprint density at radius 1 is 1.29 bits per heavy atom. The van der Waals surface area contributed by atoms with Gasteiger partial charge in [-0.25, -0.2) is 0 Å². The summed E-state index contributed by atoms with van der Waals surface area (Å²) >= 11 is 0. The lowest BCUT2D eigenvalue weighted by atomic mass is 9.79. The molecule has 0 saturated carbocycles. The summed E-state index contributed by atoms with van der Waals surface area (Å²) in [6, 6.07) is 0.459. The van der Waals surface area contributed by atoms with E-state index in [0.717, 1.165) is 32.2 Å². The molecular formula is C14H26N2O. The minimum atomic E-state index is -0.175. The zero-order valence-corrected chi connectivity index (χ0v) is 11.6. The van der Waals surface area contributed by atoms with Crippen LogP contribution in [0.15, 0.2) is 0 Å². The fourth-order valence-corrected chi connectivity index (χ4v) is 2.91. The van der Waals surface area contributed by atoms with Crippen molar-refractivity contribution in [3.63, 3.8) is 0 Å². The van der Waals surface area contributed by atoms with Crippen LogP contribution in [-0.2, 0) is 0 Å². The molecule has 0 atom stereocenters. The summed E-state index contributed by atoms with van der Waals surface area (Å²) in [5.74, 6) is 2.66. The molecule has 0 spiro atoms. The molecule has 1 fully saturated rings. The van der Waals surface area contributed by atoms with E-state index < -0.39 is 0 Å². The summed E-state index contributed by atoms with van der Waals surface area (Å²) in [5, 5.41) is 15.2. The van der Waals surface area contributed by atoms with Crippen LogP contribution in [0, 0.1) is 12.3 Å². The van der Waals surface area contributed by atoms with Gasteiger partial charge in [0.2, 0.25) is 0 Å². The molecule has 0 radical (unpaired) electrons. The number of hydrogen-bond donors (Lipinski definition) is 2. The van der Waals surface area contributed by atoms with Gasteiger partial charge >= 0.3 is 0 Å². The van der Waals surface area contributed by atoms with Gasteiger partial charge in [0, 0.05) is 23.5 Å². The van der Waals surface area contributed by atoms with E-state index in [1.165, 1.54) is 5.06 Å². The van der Waals surface area contributed by atoms with Gasteiger partial charge in [-0.3, -0.25) is 0 Å². The molecule has 17 heavy (non-hydrogen) atoms. The van der Waals surface area contributed by atoms with Crippen molar-refractivity contribution in [2.75, 3.05) is 6.54 Å². The Labute approximate surface area is 106 Å². The number of unbranched alkanes of at least 4 members (excludes halogenated alkanes) is 1. The van der Waals surface area contributed by atoms with E-state index in [-0.39, 0.29) is 11.1 Å². The first-order valence-electron chi connectivity index (χ1n) is 6.46. The zero-order valence-electron chi connectivity index (χ0n) is 11.6. The van der Waals surface area contributed by atoms with Gasteiger partial charge in [-0.1, -0.05) is 0 Å². The molecule has 0 bridgehead atoms. The fourth-order valence-electron chi connectivity index (χ4n) is 2.91. The molecule has 1 saturated heterocycles. The van der Waals surface area contributed by atoms with E-state index in [1.54, 1.807) is 0 Å². The zero-order chi connectivity index (χ0) is 13.1. The van der Waals surface area contributed by atoms with E-state index >= 15 is 0 Å². The average Bonchev–Trinajstić information content (AvgIpc) is 2.20. The van der Waals surface area contributed by atoms with Crippen molar-refractivity contribution in [3.8, 4) is 12.3 Å². The summed E-state index contributed by atoms with van der Waals surface area (Å²) in [5.41, 5.74) is -0.350. The van der Waals surface area contributed by atoms with Crippen LogP contribution in [0.25, 0.3) is 0 Å². The Morgan fingerprint density at radius 3 is 2.29 bits per heavy atom. The normalized spacial score (nSPS) is 24.5. The second-order valence-electron chi connectivity index (χ2n) is 6.30. The molecule has 0 unspecified atom stereocenters. The van der Waals surface area contributed by atoms with Crippen LogP contribution in [0.4, 0.5) is 0 Å². The molecule has 1 aliphatic heterocycles. The van der Waals surface area contributed by atoms with Crippen LogP contribution in [-0.4, -0.2) is 33.9 Å². The van der Waals surface area contributed by atoms with Crippen LogP contribution < -0.4 is 5.32 Å². The predicted octanol–water partition coefficient (Wildman–Crippen LogP) is 2.40. The average molecular weight is 238 g/mol. The maximum Gasteiger partial charge on any atom is 0.0425 e. The van der Waals surface area contributed by atoms with Crippen LogP contribution in [0.1, 0.15) is 53.4 Å². The van der Waals surface area contributed by atoms with Crippen molar-refractivity contribution in [1.29, 1.82) is 0 Å². The van der Waals surface area contributed by atoms with Gasteiger partial charge in [0.1, 0.15) is 0 Å². The van der Waals surface area contributed by atoms with Crippen molar-refractivity contribution in [3.05, 3.63) is 0 Å². The number of nitrogens with one attached hydrogen (secondary N) is 1. The van der Waals surface area contributed by atoms with E-state index in [4.69, 9.17) is 6.42 Å². The SMILES string of the molecule is C#CCCCNC1CC(C)(C)N(O)C(C)(C)C1. The topological polar surface area (TPSA) is 35.5 Å². The Kier molecular flexibility index (Phi) is 4.60. The lowest BCUT2D eigenvalue weighted by Crippen LogP contribution is -2.62. The molecule has 1 heterocycles. The monoisotopic (exact) mass is 238 g/mol. The maximum atomic E-state index is 10.2. The highest BCUT2D eigenvalue weighted by Gasteiger charge is 2.44. The largest absolute Gasteiger partial charge is 0.314 e. The molecule has 0 aliphatic carbocycles. The standard InChI is InChI=1S/C14H26N2O/c1-6-7-8-9-15-12-10-13(2,3)16(17)14(4,5)11-12/h1,12,15,17H,7-11H2,2-5H3. The second kappa shape index (κ2) is 5.39. The van der Waals surface area contributed by atoms with Gasteiger partial charge < -0.3 is 10.5 Å². The van der Waals surface area contributed by atoms with Crippen molar-refractivity contribution in [2.45, 2.75) is 70.5 Å². The van der Waals surface area contributed by atoms with Crippen molar-refractivity contribution < 1.29 is 5.21 Å². The molecule has 1 aliphatic rings. The highest BCUT2D eigenvalue weighted by Crippen LogP contribution is 2.36. The van der Waals surface area contributed by atoms with Gasteiger partial charge in [-0.2, -0.15) is 5.06 Å². The number of rotatable bonds is 4. The highest BCUT2D eigenvalue weighted by molar-refractivity contribution is 4.98. The van der Waals surface area contributed by atoms with E-state index in [1.807, 2.05) is 0 Å². The van der Waals surface area contributed by atoms with Gasteiger partial charge in [-0.05, 0) is 53.5 Å². The molecule has 1 rings (SSSR count). The van der Waals surface area contributed by atoms with E-state index in [0.29, 0.717) is 6.04 Å². The highest BCUT2D eigenvalue weighted by atomic mass is 16.5. The quantitative estimate of drug-likeness (QED) is 0.583. The molecule has 3 heteroatoms. The summed E-state index contributed by atoms with van der Waals surface area (Å²) in [7, 11) is 0. The Hall–Kier alpha value is -0.560. The van der Waals surface area contributed by atoms with Gasteiger partial charge in [0.15, 0.2) is 0 Å². The minimum absolute atomic E-state index is 0.175. The summed E-state index contributed by atoms with van der Waals surface area (Å²) in [6.07, 6.45) is 9.01. The van der Waals surface area contributed by atoms with Crippen LogP contribution >= 0.6 is 0 Å². The Bertz CT molecular complexity index is 273. The first-order valence-corrected chi connectivity index (χ1v) is 6.46. The smallest absolute Gasteiger partial charge is 0.0425 e. The van der Waals surface area contributed by atoms with Gasteiger partial charge in [0.05, 0.1) is 0 Å². The predicted molar refractivity (Wildman–Crippen MR) is 70.9 cm³/mol. The van der Waals surface area contributed by atoms with Gasteiger partial charge in [-0.15, -0.1) is 12.3 Å². The molecule has 0 aromatic carbocycles. The molecule has 3 nitrogen and oxygen atoms in total. The summed E-state index contributed by atoms with van der Waals surface area (Å²) < 4.78 is 0. The number of hydroxylamine groups is 2. The van der Waals surface area contributed by atoms with Crippen molar-refractivity contribution in [2.24, 2.45) is 0 Å². The van der Waals surface area contributed by atoms with Crippen molar-refractivity contribution >= 4 is 0 Å². The second-order valence-corrected chi connectivity index (χ2v) is 6.30. The molecule has 0 amide bonds.